The number of hydrogen-bond donors (Lipinski definition) is 1. The molecule has 0 aromatic carbocycles. The second-order valence-corrected chi connectivity index (χ2v) is 7.86. The molecule has 9 nitrogen and oxygen atoms in total. The monoisotopic (exact) mass is 438 g/mol. The third-order valence-corrected chi connectivity index (χ3v) is 5.81. The Balaban J connectivity index is 1.81. The van der Waals surface area contributed by atoms with E-state index in [1.54, 1.807) is 24.4 Å². The van der Waals surface area contributed by atoms with Crippen LogP contribution in [0.25, 0.3) is 16.9 Å². The van der Waals surface area contributed by atoms with Crippen LogP contribution >= 0.6 is 0 Å². The molecule has 0 saturated carbocycles. The van der Waals surface area contributed by atoms with Crippen molar-refractivity contribution >= 4 is 11.7 Å². The molecule has 1 atom stereocenters. The predicted molar refractivity (Wildman–Crippen MR) is 121 cm³/mol. The highest BCUT2D eigenvalue weighted by molar-refractivity contribution is 5.75. The van der Waals surface area contributed by atoms with Crippen molar-refractivity contribution in [1.29, 1.82) is 0 Å². The highest BCUT2D eigenvalue weighted by Gasteiger charge is 2.23. The normalized spacial score (nSPS) is 18.0. The van der Waals surface area contributed by atoms with Gasteiger partial charge in [0.05, 0.1) is 37.3 Å². The van der Waals surface area contributed by atoms with Gasteiger partial charge < -0.3 is 24.1 Å². The number of carbonyl (C=O) groups excluding carboxylic acids is 1. The van der Waals surface area contributed by atoms with Crippen LogP contribution in [0, 0.1) is 0 Å². The highest BCUT2D eigenvalue weighted by atomic mass is 16.5. The third kappa shape index (κ3) is 4.46. The van der Waals surface area contributed by atoms with Gasteiger partial charge in [0.2, 0.25) is 5.65 Å². The Labute approximate surface area is 187 Å². The molecule has 9 heteroatoms. The number of fused-ring (bicyclic) bond motifs is 7. The number of carbonyl (C=O) groups is 1. The molecule has 1 aliphatic heterocycles. The van der Waals surface area contributed by atoms with Gasteiger partial charge in [-0.25, -0.2) is 14.8 Å². The summed E-state index contributed by atoms with van der Waals surface area (Å²) < 4.78 is 13.5. The maximum atomic E-state index is 12.8. The average Bonchev–Trinajstić information content (AvgIpc) is 3.29. The van der Waals surface area contributed by atoms with Crippen LogP contribution in [-0.2, 0) is 0 Å². The number of aromatic nitrogens is 4. The minimum absolute atomic E-state index is 0.0768. The summed E-state index contributed by atoms with van der Waals surface area (Å²) >= 11 is 0. The molecule has 0 radical (unpaired) electrons. The summed E-state index contributed by atoms with van der Waals surface area (Å²) in [5, 5.41) is 3.04. The van der Waals surface area contributed by atoms with Crippen LogP contribution in [0.2, 0.25) is 0 Å². The van der Waals surface area contributed by atoms with Gasteiger partial charge in [0.15, 0.2) is 0 Å². The lowest BCUT2D eigenvalue weighted by molar-refractivity contribution is 0.181. The first-order valence-electron chi connectivity index (χ1n) is 11.2. The molecule has 170 valence electrons. The van der Waals surface area contributed by atoms with Gasteiger partial charge in [-0.2, -0.15) is 0 Å². The molecule has 1 N–H and O–H groups in total. The first-order chi connectivity index (χ1) is 15.6. The van der Waals surface area contributed by atoms with Crippen LogP contribution in [0.15, 0.2) is 30.9 Å². The summed E-state index contributed by atoms with van der Waals surface area (Å²) in [5.41, 5.74) is 2.91. The first-order valence-corrected chi connectivity index (χ1v) is 11.2. The molecule has 4 rings (SSSR count). The number of nitrogens with zero attached hydrogens (tertiary/aromatic N) is 5. The topological polar surface area (TPSA) is 93.9 Å². The van der Waals surface area contributed by atoms with Gasteiger partial charge in [0.25, 0.3) is 5.88 Å². The summed E-state index contributed by atoms with van der Waals surface area (Å²) in [6.07, 6.45) is 11.1. The van der Waals surface area contributed by atoms with Crippen LogP contribution in [0.3, 0.4) is 0 Å². The predicted octanol–water partition coefficient (Wildman–Crippen LogP) is 3.85. The second kappa shape index (κ2) is 9.84. The first kappa shape index (κ1) is 21.9. The van der Waals surface area contributed by atoms with E-state index in [1.807, 2.05) is 36.7 Å². The zero-order chi connectivity index (χ0) is 22.5. The van der Waals surface area contributed by atoms with Gasteiger partial charge in [0.1, 0.15) is 5.75 Å². The van der Waals surface area contributed by atoms with Gasteiger partial charge >= 0.3 is 6.03 Å². The largest absolute Gasteiger partial charge is 0.494 e. The van der Waals surface area contributed by atoms with Crippen LogP contribution in [0.1, 0.15) is 51.3 Å². The maximum absolute atomic E-state index is 12.8. The lowest BCUT2D eigenvalue weighted by Gasteiger charge is -2.28. The summed E-state index contributed by atoms with van der Waals surface area (Å²) in [4.78, 5) is 28.3. The number of nitrogens with one attached hydrogen (secondary N) is 1. The molecule has 0 unspecified atom stereocenters. The van der Waals surface area contributed by atoms with Gasteiger partial charge in [0, 0.05) is 37.2 Å². The van der Waals surface area contributed by atoms with Crippen LogP contribution in [0.5, 0.6) is 11.6 Å². The molecular weight excluding hydrogens is 408 g/mol. The number of methoxy groups -OCH3 is 1. The number of pyridine rings is 1. The van der Waals surface area contributed by atoms with Crippen molar-refractivity contribution in [1.82, 2.24) is 29.6 Å². The molecular formula is C23H30N6O3. The Kier molecular flexibility index (Phi) is 6.72. The standard InChI is InChI=1S/C23H30N6O3/c1-4-29-16(2)18-13-17(20(31-3)14-26-18)19-15-28-11-10-24-21(28)22(27-19)32-12-8-6-5-7-9-25-23(29)30/h10-11,13-16H,4-9,12H2,1-3H3,(H,25,30)/t16-/m1/s1. The van der Waals surface area contributed by atoms with Crippen molar-refractivity contribution in [2.45, 2.75) is 45.6 Å². The Morgan fingerprint density at radius 1 is 1.25 bits per heavy atom. The number of amides is 2. The van der Waals surface area contributed by atoms with Crippen molar-refractivity contribution in [3.05, 3.63) is 36.5 Å². The van der Waals surface area contributed by atoms with Crippen molar-refractivity contribution < 1.29 is 14.3 Å². The van der Waals surface area contributed by atoms with E-state index in [1.165, 1.54) is 0 Å². The summed E-state index contributed by atoms with van der Waals surface area (Å²) in [6, 6.07) is 1.65. The number of hydrogen-bond acceptors (Lipinski definition) is 6. The molecule has 4 bridgehead atoms. The zero-order valence-corrected chi connectivity index (χ0v) is 18.9. The third-order valence-electron chi connectivity index (χ3n) is 5.81. The Morgan fingerprint density at radius 3 is 2.91 bits per heavy atom. The Hall–Kier alpha value is -3.36. The van der Waals surface area contributed by atoms with Gasteiger partial charge in [-0.3, -0.25) is 4.98 Å². The Morgan fingerprint density at radius 2 is 2.09 bits per heavy atom. The molecule has 3 aromatic heterocycles. The fourth-order valence-corrected chi connectivity index (χ4v) is 3.98. The van der Waals surface area contributed by atoms with E-state index in [-0.39, 0.29) is 12.1 Å². The minimum atomic E-state index is -0.215. The molecule has 0 aliphatic carbocycles. The molecule has 0 spiro atoms. The van der Waals surface area contributed by atoms with Crippen LogP contribution in [0.4, 0.5) is 4.79 Å². The lowest BCUT2D eigenvalue weighted by atomic mass is 10.1. The second-order valence-electron chi connectivity index (χ2n) is 7.86. The quantitative estimate of drug-likeness (QED) is 0.653. The lowest BCUT2D eigenvalue weighted by Crippen LogP contribution is -2.41. The van der Waals surface area contributed by atoms with Crippen LogP contribution in [-0.4, -0.2) is 57.1 Å². The zero-order valence-electron chi connectivity index (χ0n) is 18.9. The van der Waals surface area contributed by atoms with Crippen molar-refractivity contribution in [3.63, 3.8) is 0 Å². The van der Waals surface area contributed by atoms with Crippen molar-refractivity contribution in [3.8, 4) is 22.9 Å². The van der Waals surface area contributed by atoms with E-state index in [2.05, 4.69) is 15.3 Å². The van der Waals surface area contributed by atoms with Crippen molar-refractivity contribution in [2.24, 2.45) is 0 Å². The summed E-state index contributed by atoms with van der Waals surface area (Å²) in [6.45, 7) is 5.75. The smallest absolute Gasteiger partial charge is 0.317 e. The minimum Gasteiger partial charge on any atom is -0.494 e. The maximum Gasteiger partial charge on any atom is 0.317 e. The average molecular weight is 439 g/mol. The molecule has 0 fully saturated rings. The van der Waals surface area contributed by atoms with Crippen molar-refractivity contribution in [2.75, 3.05) is 26.8 Å². The van der Waals surface area contributed by atoms with E-state index in [9.17, 15) is 4.79 Å². The van der Waals surface area contributed by atoms with E-state index >= 15 is 0 Å². The molecule has 32 heavy (non-hydrogen) atoms. The molecule has 1 aliphatic rings. The Bertz CT molecular complexity index is 1080. The van der Waals surface area contributed by atoms with Gasteiger partial charge in [-0.15, -0.1) is 0 Å². The highest BCUT2D eigenvalue weighted by Crippen LogP contribution is 2.33. The SMILES string of the molecule is CCN1C(=O)NCCCCCCOc2nc(cn3ccnc23)-c2cc(ncc2OC)[C@H]1C. The number of ether oxygens (including phenoxy) is 2. The number of imidazole rings is 1. The summed E-state index contributed by atoms with van der Waals surface area (Å²) in [7, 11) is 1.61. The van der Waals surface area contributed by atoms with Gasteiger partial charge in [-0.05, 0) is 32.8 Å². The fraction of sp³-hybridized carbons (Fsp3) is 0.478. The molecule has 0 saturated heterocycles. The van der Waals surface area contributed by atoms with Crippen LogP contribution < -0.4 is 14.8 Å². The van der Waals surface area contributed by atoms with E-state index in [0.29, 0.717) is 42.7 Å². The number of urea groups is 1. The van der Waals surface area contributed by atoms with E-state index < -0.39 is 0 Å². The molecule has 3 aromatic rings. The van der Waals surface area contributed by atoms with E-state index in [4.69, 9.17) is 14.5 Å². The van der Waals surface area contributed by atoms with E-state index in [0.717, 1.165) is 36.9 Å². The molecule has 4 heterocycles. The number of rotatable bonds is 2. The van der Waals surface area contributed by atoms with Gasteiger partial charge in [-0.1, -0.05) is 12.8 Å². The summed E-state index contributed by atoms with van der Waals surface area (Å²) in [5.74, 6) is 1.10. The molecule has 2 amide bonds. The fourth-order valence-electron chi connectivity index (χ4n) is 3.98.